The van der Waals surface area contributed by atoms with Gasteiger partial charge in [0.25, 0.3) is 0 Å². The van der Waals surface area contributed by atoms with Crippen molar-refractivity contribution in [3.8, 4) is 0 Å². The van der Waals surface area contributed by atoms with Crippen LogP contribution in [0.3, 0.4) is 0 Å². The molecule has 0 saturated heterocycles. The van der Waals surface area contributed by atoms with E-state index in [-0.39, 0.29) is 12.1 Å². The van der Waals surface area contributed by atoms with Gasteiger partial charge in [-0.1, -0.05) is 25.1 Å². The van der Waals surface area contributed by atoms with Gasteiger partial charge < -0.3 is 15.7 Å². The maximum absolute atomic E-state index is 13.1. The van der Waals surface area contributed by atoms with E-state index >= 15 is 0 Å². The Labute approximate surface area is 142 Å². The largest absolute Gasteiger partial charge is 0.416 e. The molecule has 2 rings (SSSR count). The van der Waals surface area contributed by atoms with Crippen molar-refractivity contribution in [3.05, 3.63) is 52.8 Å². The van der Waals surface area contributed by atoms with Crippen molar-refractivity contribution in [2.45, 2.75) is 32.1 Å². The number of benzene rings is 1. The number of carbonyl (C=O) groups excluding carboxylic acids is 1. The molecule has 6 nitrogen and oxygen atoms in total. The monoisotopic (exact) mass is 356 g/mol. The predicted molar refractivity (Wildman–Crippen MR) is 84.6 cm³/mol. The Morgan fingerprint density at radius 3 is 2.72 bits per heavy atom. The van der Waals surface area contributed by atoms with Crippen LogP contribution in [0.15, 0.2) is 30.5 Å². The number of aryl methyl sites for hydroxylation is 1. The predicted octanol–water partition coefficient (Wildman–Crippen LogP) is 2.52. The first-order valence-electron chi connectivity index (χ1n) is 7.69. The van der Waals surface area contributed by atoms with Crippen molar-refractivity contribution in [2.24, 2.45) is 0 Å². The van der Waals surface area contributed by atoms with Crippen LogP contribution in [0.2, 0.25) is 0 Å². The highest BCUT2D eigenvalue weighted by atomic mass is 19.4. The summed E-state index contributed by atoms with van der Waals surface area (Å²) < 4.78 is 39.2. The lowest BCUT2D eigenvalue weighted by atomic mass is 10.0. The molecule has 0 aliphatic heterocycles. The molecule has 0 aliphatic rings. The molecule has 1 aromatic heterocycles. The highest BCUT2D eigenvalue weighted by molar-refractivity contribution is 5.74. The third-order valence-corrected chi connectivity index (χ3v) is 3.74. The van der Waals surface area contributed by atoms with Crippen LogP contribution in [0.1, 0.15) is 35.3 Å². The van der Waals surface area contributed by atoms with Gasteiger partial charge in [-0.2, -0.15) is 18.3 Å². The quantitative estimate of drug-likeness (QED) is 0.641. The number of rotatable bonds is 6. The van der Waals surface area contributed by atoms with Gasteiger partial charge in [0.2, 0.25) is 0 Å². The fourth-order valence-electron chi connectivity index (χ4n) is 2.45. The standard InChI is InChI=1S/C16H19F3N4O2/c1-2-10-7-21-23-13(10)8-20-15(25)22-14(9-24)11-5-3-4-6-12(11)16(17,18)19/h3-7,14,24H,2,8-9H2,1H3,(H,21,23)(H2,20,22,25). The third-order valence-electron chi connectivity index (χ3n) is 3.74. The van der Waals surface area contributed by atoms with E-state index in [2.05, 4.69) is 20.8 Å². The molecule has 1 aromatic carbocycles. The number of alkyl halides is 3. The number of amides is 2. The van der Waals surface area contributed by atoms with E-state index in [1.165, 1.54) is 18.2 Å². The summed E-state index contributed by atoms with van der Waals surface area (Å²) in [5, 5.41) is 20.9. The van der Waals surface area contributed by atoms with Crippen LogP contribution in [0, 0.1) is 0 Å². The van der Waals surface area contributed by atoms with E-state index in [0.29, 0.717) is 5.69 Å². The topological polar surface area (TPSA) is 90.0 Å². The number of aliphatic hydroxyl groups is 1. The molecule has 0 bridgehead atoms. The van der Waals surface area contributed by atoms with Crippen molar-refractivity contribution in [1.82, 2.24) is 20.8 Å². The van der Waals surface area contributed by atoms with Crippen LogP contribution < -0.4 is 10.6 Å². The molecule has 2 amide bonds. The highest BCUT2D eigenvalue weighted by Gasteiger charge is 2.35. The van der Waals surface area contributed by atoms with Crippen LogP contribution in [0.4, 0.5) is 18.0 Å². The van der Waals surface area contributed by atoms with Gasteiger partial charge >= 0.3 is 12.2 Å². The average Bonchev–Trinajstić information content (AvgIpc) is 3.04. The van der Waals surface area contributed by atoms with Gasteiger partial charge in [0, 0.05) is 0 Å². The molecule has 2 aromatic rings. The molecular formula is C16H19F3N4O2. The average molecular weight is 356 g/mol. The first-order valence-corrected chi connectivity index (χ1v) is 7.69. The SMILES string of the molecule is CCc1cn[nH]c1CNC(=O)NC(CO)c1ccccc1C(F)(F)F. The Morgan fingerprint density at radius 2 is 2.08 bits per heavy atom. The van der Waals surface area contributed by atoms with Gasteiger partial charge in [-0.25, -0.2) is 4.79 Å². The zero-order valence-electron chi connectivity index (χ0n) is 13.5. The van der Waals surface area contributed by atoms with Crippen LogP contribution >= 0.6 is 0 Å². The van der Waals surface area contributed by atoms with Crippen LogP contribution in [0.5, 0.6) is 0 Å². The van der Waals surface area contributed by atoms with Gasteiger partial charge in [-0.15, -0.1) is 0 Å². The summed E-state index contributed by atoms with van der Waals surface area (Å²) in [6.07, 6.45) is -2.20. The number of nitrogens with one attached hydrogen (secondary N) is 3. The minimum absolute atomic E-state index is 0.147. The second-order valence-corrected chi connectivity index (χ2v) is 5.37. The lowest BCUT2D eigenvalue weighted by Crippen LogP contribution is -2.39. The summed E-state index contributed by atoms with van der Waals surface area (Å²) in [4.78, 5) is 12.0. The molecule has 0 saturated carbocycles. The first-order chi connectivity index (χ1) is 11.9. The van der Waals surface area contributed by atoms with Crippen molar-refractivity contribution in [1.29, 1.82) is 0 Å². The molecule has 9 heteroatoms. The fraction of sp³-hybridized carbons (Fsp3) is 0.375. The van der Waals surface area contributed by atoms with E-state index in [1.807, 2.05) is 6.92 Å². The molecule has 4 N–H and O–H groups in total. The minimum Gasteiger partial charge on any atom is -0.394 e. The third kappa shape index (κ3) is 4.72. The normalized spacial score (nSPS) is 12.7. The highest BCUT2D eigenvalue weighted by Crippen LogP contribution is 2.34. The van der Waals surface area contributed by atoms with Gasteiger partial charge in [0.1, 0.15) is 0 Å². The molecule has 0 radical (unpaired) electrons. The second-order valence-electron chi connectivity index (χ2n) is 5.37. The molecule has 25 heavy (non-hydrogen) atoms. The van der Waals surface area contributed by atoms with E-state index < -0.39 is 30.4 Å². The number of halogens is 3. The van der Waals surface area contributed by atoms with Crippen molar-refractivity contribution < 1.29 is 23.1 Å². The van der Waals surface area contributed by atoms with Crippen LogP contribution in [-0.2, 0) is 19.1 Å². The maximum Gasteiger partial charge on any atom is 0.416 e. The molecule has 1 unspecified atom stereocenters. The zero-order valence-corrected chi connectivity index (χ0v) is 13.5. The summed E-state index contributed by atoms with van der Waals surface area (Å²) in [5.74, 6) is 0. The number of aliphatic hydroxyl groups excluding tert-OH is 1. The number of nitrogens with zero attached hydrogens (tertiary/aromatic N) is 1. The summed E-state index contributed by atoms with van der Waals surface area (Å²) in [7, 11) is 0. The molecule has 1 atom stereocenters. The Balaban J connectivity index is 2.06. The Hall–Kier alpha value is -2.55. The summed E-state index contributed by atoms with van der Waals surface area (Å²) >= 11 is 0. The minimum atomic E-state index is -4.58. The van der Waals surface area contributed by atoms with E-state index in [1.54, 1.807) is 6.20 Å². The number of hydrogen-bond donors (Lipinski definition) is 4. The number of carbonyl (C=O) groups is 1. The van der Waals surface area contributed by atoms with Crippen molar-refractivity contribution in [2.75, 3.05) is 6.61 Å². The zero-order chi connectivity index (χ0) is 18.4. The Kier molecular flexibility index (Phi) is 6.02. The van der Waals surface area contributed by atoms with Crippen molar-refractivity contribution in [3.63, 3.8) is 0 Å². The van der Waals surface area contributed by atoms with Gasteiger partial charge in [0.15, 0.2) is 0 Å². The van der Waals surface area contributed by atoms with E-state index in [0.717, 1.165) is 18.1 Å². The number of hydrogen-bond acceptors (Lipinski definition) is 3. The lowest BCUT2D eigenvalue weighted by Gasteiger charge is -2.21. The molecule has 0 aliphatic carbocycles. The smallest absolute Gasteiger partial charge is 0.394 e. The number of aromatic amines is 1. The van der Waals surface area contributed by atoms with E-state index in [9.17, 15) is 23.1 Å². The second kappa shape index (κ2) is 8.02. The summed E-state index contributed by atoms with van der Waals surface area (Å²) in [6.45, 7) is 1.42. The molecule has 0 spiro atoms. The Bertz CT molecular complexity index is 715. The summed E-state index contributed by atoms with van der Waals surface area (Å²) in [6, 6.07) is 2.96. The molecule has 1 heterocycles. The summed E-state index contributed by atoms with van der Waals surface area (Å²) in [5.41, 5.74) is 0.565. The van der Waals surface area contributed by atoms with Gasteiger partial charge in [0.05, 0.1) is 36.6 Å². The molecular weight excluding hydrogens is 337 g/mol. The number of aromatic nitrogens is 2. The first kappa shape index (κ1) is 18.8. The number of H-pyrrole nitrogens is 1. The van der Waals surface area contributed by atoms with Crippen LogP contribution in [-0.4, -0.2) is 27.9 Å². The molecule has 0 fully saturated rings. The Morgan fingerprint density at radius 1 is 1.36 bits per heavy atom. The number of urea groups is 1. The van der Waals surface area contributed by atoms with Crippen molar-refractivity contribution >= 4 is 6.03 Å². The van der Waals surface area contributed by atoms with Gasteiger partial charge in [-0.3, -0.25) is 5.10 Å². The van der Waals surface area contributed by atoms with Crippen LogP contribution in [0.25, 0.3) is 0 Å². The lowest BCUT2D eigenvalue weighted by molar-refractivity contribution is -0.138. The van der Waals surface area contributed by atoms with E-state index in [4.69, 9.17) is 0 Å². The fourth-order valence-corrected chi connectivity index (χ4v) is 2.45. The maximum atomic E-state index is 13.1. The van der Waals surface area contributed by atoms with Gasteiger partial charge in [-0.05, 0) is 23.6 Å². The molecule has 136 valence electrons.